The lowest BCUT2D eigenvalue weighted by molar-refractivity contribution is -0.120. The minimum Gasteiger partial charge on any atom is -0.326 e. The van der Waals surface area contributed by atoms with Gasteiger partial charge in [-0.15, -0.1) is 11.8 Å². The van der Waals surface area contributed by atoms with Crippen LogP contribution in [0.2, 0.25) is 0 Å². The Hall–Kier alpha value is -1.00. The van der Waals surface area contributed by atoms with Crippen LogP contribution in [-0.4, -0.2) is 25.3 Å². The monoisotopic (exact) mass is 250 g/mol. The lowest BCUT2D eigenvalue weighted by Gasteiger charge is -2.14. The number of amides is 1. The van der Waals surface area contributed by atoms with Crippen LogP contribution in [0.3, 0.4) is 0 Å². The second kappa shape index (κ2) is 5.56. The van der Waals surface area contributed by atoms with Gasteiger partial charge >= 0.3 is 0 Å². The van der Waals surface area contributed by atoms with Crippen LogP contribution in [0.25, 0.3) is 0 Å². The van der Waals surface area contributed by atoms with Crippen molar-refractivity contribution in [3.05, 3.63) is 24.3 Å². The zero-order valence-corrected chi connectivity index (χ0v) is 11.0. The van der Waals surface area contributed by atoms with Crippen LogP contribution in [0.15, 0.2) is 29.2 Å². The molecule has 2 rings (SSSR count). The fraction of sp³-hybridized carbons (Fsp3) is 0.462. The van der Waals surface area contributed by atoms with Crippen LogP contribution in [0.4, 0.5) is 5.69 Å². The third-order valence-electron chi connectivity index (χ3n) is 3.19. The number of carbonyl (C=O) groups excluding carboxylic acids is 1. The average molecular weight is 250 g/mol. The first-order valence-electron chi connectivity index (χ1n) is 5.86. The predicted octanol–water partition coefficient (Wildman–Crippen LogP) is 2.20. The second-order valence-corrected chi connectivity index (χ2v) is 5.34. The van der Waals surface area contributed by atoms with Crippen molar-refractivity contribution in [2.24, 2.45) is 11.8 Å². The van der Waals surface area contributed by atoms with Gasteiger partial charge in [0.25, 0.3) is 0 Å². The lowest BCUT2D eigenvalue weighted by Crippen LogP contribution is -2.27. The fourth-order valence-electron chi connectivity index (χ4n) is 2.10. The number of hydrogen-bond donors (Lipinski definition) is 2. The molecular formula is C13H18N2OS. The Morgan fingerprint density at radius 1 is 1.47 bits per heavy atom. The molecule has 2 N–H and O–H groups in total. The predicted molar refractivity (Wildman–Crippen MR) is 72.4 cm³/mol. The van der Waals surface area contributed by atoms with Gasteiger partial charge in [-0.3, -0.25) is 4.79 Å². The van der Waals surface area contributed by atoms with E-state index in [1.165, 1.54) is 4.90 Å². The van der Waals surface area contributed by atoms with E-state index in [1.807, 2.05) is 30.5 Å². The van der Waals surface area contributed by atoms with E-state index in [-0.39, 0.29) is 11.8 Å². The van der Waals surface area contributed by atoms with E-state index in [4.69, 9.17) is 0 Å². The molecule has 0 unspecified atom stereocenters. The molecule has 1 aliphatic rings. The van der Waals surface area contributed by atoms with Crippen molar-refractivity contribution >= 4 is 23.4 Å². The largest absolute Gasteiger partial charge is 0.326 e. The molecule has 1 aliphatic heterocycles. The van der Waals surface area contributed by atoms with E-state index in [2.05, 4.69) is 17.6 Å². The molecule has 1 fully saturated rings. The summed E-state index contributed by atoms with van der Waals surface area (Å²) >= 11 is 1.68. The highest BCUT2D eigenvalue weighted by Gasteiger charge is 2.29. The third-order valence-corrected chi connectivity index (χ3v) is 3.92. The van der Waals surface area contributed by atoms with Crippen LogP contribution in [0.1, 0.15) is 6.92 Å². The number of hydrogen-bond acceptors (Lipinski definition) is 3. The van der Waals surface area contributed by atoms with Gasteiger partial charge in [-0.25, -0.2) is 0 Å². The molecule has 0 saturated carbocycles. The van der Waals surface area contributed by atoms with Crippen molar-refractivity contribution in [1.29, 1.82) is 0 Å². The second-order valence-electron chi connectivity index (χ2n) is 4.46. The molecule has 0 aliphatic carbocycles. The van der Waals surface area contributed by atoms with Crippen molar-refractivity contribution in [1.82, 2.24) is 5.32 Å². The molecule has 0 radical (unpaired) electrons. The van der Waals surface area contributed by atoms with Crippen LogP contribution in [0, 0.1) is 11.8 Å². The minimum atomic E-state index is 0.0907. The molecule has 3 nitrogen and oxygen atoms in total. The Kier molecular flexibility index (Phi) is 4.07. The summed E-state index contributed by atoms with van der Waals surface area (Å²) in [6.07, 6.45) is 2.03. The molecule has 17 heavy (non-hydrogen) atoms. The SMILES string of the molecule is CSc1cccc(NC(=O)[C@@H]2CNC[C@H]2C)c1. The van der Waals surface area contributed by atoms with Gasteiger partial charge in [0.1, 0.15) is 0 Å². The van der Waals surface area contributed by atoms with Gasteiger partial charge in [-0.05, 0) is 36.9 Å². The third kappa shape index (κ3) is 3.01. The summed E-state index contributed by atoms with van der Waals surface area (Å²) in [5.74, 6) is 0.632. The summed E-state index contributed by atoms with van der Waals surface area (Å²) in [5, 5.41) is 6.24. The molecule has 2 atom stereocenters. The van der Waals surface area contributed by atoms with Crippen LogP contribution in [0.5, 0.6) is 0 Å². The smallest absolute Gasteiger partial charge is 0.229 e. The van der Waals surface area contributed by atoms with E-state index in [0.29, 0.717) is 5.92 Å². The van der Waals surface area contributed by atoms with Crippen molar-refractivity contribution in [3.63, 3.8) is 0 Å². The highest BCUT2D eigenvalue weighted by Crippen LogP contribution is 2.21. The molecular weight excluding hydrogens is 232 g/mol. The van der Waals surface area contributed by atoms with Gasteiger partial charge in [0, 0.05) is 17.1 Å². The van der Waals surface area contributed by atoms with E-state index in [1.54, 1.807) is 11.8 Å². The summed E-state index contributed by atoms with van der Waals surface area (Å²) in [5.41, 5.74) is 0.890. The van der Waals surface area contributed by atoms with Gasteiger partial charge in [0.05, 0.1) is 5.92 Å². The highest BCUT2D eigenvalue weighted by molar-refractivity contribution is 7.98. The van der Waals surface area contributed by atoms with Gasteiger partial charge in [0.2, 0.25) is 5.91 Å². The van der Waals surface area contributed by atoms with Crippen LogP contribution in [-0.2, 0) is 4.79 Å². The number of benzene rings is 1. The number of nitrogens with one attached hydrogen (secondary N) is 2. The number of rotatable bonds is 3. The van der Waals surface area contributed by atoms with E-state index >= 15 is 0 Å². The quantitative estimate of drug-likeness (QED) is 0.808. The maximum Gasteiger partial charge on any atom is 0.229 e. The molecule has 1 saturated heterocycles. The lowest BCUT2D eigenvalue weighted by atomic mass is 9.97. The first-order valence-corrected chi connectivity index (χ1v) is 7.09. The van der Waals surface area contributed by atoms with Crippen molar-refractivity contribution < 1.29 is 4.79 Å². The zero-order chi connectivity index (χ0) is 12.3. The summed E-state index contributed by atoms with van der Waals surface area (Å²) < 4.78 is 0. The molecule has 0 spiro atoms. The van der Waals surface area contributed by atoms with Crippen LogP contribution < -0.4 is 10.6 Å². The Bertz CT molecular complexity index is 408. The molecule has 1 amide bonds. The maximum atomic E-state index is 12.1. The summed E-state index contributed by atoms with van der Waals surface area (Å²) in [7, 11) is 0. The molecule has 0 aromatic heterocycles. The van der Waals surface area contributed by atoms with Gasteiger partial charge < -0.3 is 10.6 Å². The molecule has 92 valence electrons. The first-order chi connectivity index (χ1) is 8.20. The number of thioether (sulfide) groups is 1. The molecule has 1 heterocycles. The normalized spacial score (nSPS) is 23.6. The van der Waals surface area contributed by atoms with E-state index < -0.39 is 0 Å². The Balaban J connectivity index is 2.02. The number of anilines is 1. The van der Waals surface area contributed by atoms with Gasteiger partial charge in [-0.2, -0.15) is 0 Å². The Morgan fingerprint density at radius 2 is 2.29 bits per heavy atom. The maximum absolute atomic E-state index is 12.1. The van der Waals surface area contributed by atoms with Crippen molar-refractivity contribution in [3.8, 4) is 0 Å². The topological polar surface area (TPSA) is 41.1 Å². The highest BCUT2D eigenvalue weighted by atomic mass is 32.2. The zero-order valence-electron chi connectivity index (χ0n) is 10.2. The Morgan fingerprint density at radius 3 is 2.94 bits per heavy atom. The van der Waals surface area contributed by atoms with E-state index in [9.17, 15) is 4.79 Å². The Labute approximate surface area is 106 Å². The first kappa shape index (κ1) is 12.5. The molecule has 1 aromatic carbocycles. The standard InChI is InChI=1S/C13H18N2OS/c1-9-7-14-8-12(9)13(16)15-10-4-3-5-11(6-10)17-2/h3-6,9,12,14H,7-8H2,1-2H3,(H,15,16)/t9-,12-/m1/s1. The summed E-state index contributed by atoms with van der Waals surface area (Å²) in [6.45, 7) is 3.83. The minimum absolute atomic E-state index is 0.0907. The van der Waals surface area contributed by atoms with E-state index in [0.717, 1.165) is 18.8 Å². The summed E-state index contributed by atoms with van der Waals surface area (Å²) in [4.78, 5) is 13.2. The molecule has 4 heteroatoms. The molecule has 0 bridgehead atoms. The number of carbonyl (C=O) groups is 1. The summed E-state index contributed by atoms with van der Waals surface area (Å²) in [6, 6.07) is 7.96. The molecule has 1 aromatic rings. The van der Waals surface area contributed by atoms with Gasteiger partial charge in [-0.1, -0.05) is 13.0 Å². The van der Waals surface area contributed by atoms with Crippen LogP contribution >= 0.6 is 11.8 Å². The van der Waals surface area contributed by atoms with Crippen molar-refractivity contribution in [2.45, 2.75) is 11.8 Å². The van der Waals surface area contributed by atoms with Crippen molar-refractivity contribution in [2.75, 3.05) is 24.7 Å². The fourth-order valence-corrected chi connectivity index (χ4v) is 2.56. The van der Waals surface area contributed by atoms with Gasteiger partial charge in [0.15, 0.2) is 0 Å². The average Bonchev–Trinajstić information content (AvgIpc) is 2.76.